The zero-order valence-corrected chi connectivity index (χ0v) is 12.7. The van der Waals surface area contributed by atoms with E-state index in [1.165, 1.54) is 11.1 Å². The second-order valence-corrected chi connectivity index (χ2v) is 4.69. The molecule has 0 saturated heterocycles. The van der Waals surface area contributed by atoms with Gasteiger partial charge in [-0.3, -0.25) is 0 Å². The summed E-state index contributed by atoms with van der Waals surface area (Å²) in [6.45, 7) is 7.36. The molecular formula is C15H24N2OS. The Labute approximate surface area is 121 Å². The molecule has 0 radical (unpaired) electrons. The van der Waals surface area contributed by atoms with E-state index in [9.17, 15) is 0 Å². The van der Waals surface area contributed by atoms with Crippen molar-refractivity contribution in [3.05, 3.63) is 35.4 Å². The standard InChI is InChI=1S/C15H24N2OS/c1-3-13-8-5-6-9-14(13)12-17-15(19)16-10-7-11-18-4-2/h5-6,8-9H,3-4,7,10-12H2,1-2H3,(H2,16,17,19). The van der Waals surface area contributed by atoms with Gasteiger partial charge in [0.1, 0.15) is 0 Å². The van der Waals surface area contributed by atoms with Gasteiger partial charge in [-0.1, -0.05) is 31.2 Å². The Hall–Kier alpha value is -1.13. The van der Waals surface area contributed by atoms with E-state index in [0.717, 1.165) is 39.1 Å². The molecule has 3 nitrogen and oxygen atoms in total. The molecule has 0 aliphatic heterocycles. The zero-order valence-electron chi connectivity index (χ0n) is 11.9. The molecule has 0 fully saturated rings. The third-order valence-corrected chi connectivity index (χ3v) is 3.18. The molecule has 0 atom stereocenters. The maximum Gasteiger partial charge on any atom is 0.166 e. The fourth-order valence-electron chi connectivity index (χ4n) is 1.83. The van der Waals surface area contributed by atoms with Crippen molar-refractivity contribution < 1.29 is 4.74 Å². The number of hydrogen-bond donors (Lipinski definition) is 2. The number of nitrogens with one attached hydrogen (secondary N) is 2. The Morgan fingerprint density at radius 1 is 1.16 bits per heavy atom. The number of aryl methyl sites for hydroxylation is 1. The summed E-state index contributed by atoms with van der Waals surface area (Å²) >= 11 is 5.25. The first kappa shape index (κ1) is 15.9. The van der Waals surface area contributed by atoms with E-state index in [0.29, 0.717) is 5.11 Å². The first-order chi connectivity index (χ1) is 9.27. The van der Waals surface area contributed by atoms with Gasteiger partial charge >= 0.3 is 0 Å². The van der Waals surface area contributed by atoms with Crippen molar-refractivity contribution in [2.45, 2.75) is 33.2 Å². The average molecular weight is 280 g/mol. The summed E-state index contributed by atoms with van der Waals surface area (Å²) in [7, 11) is 0. The van der Waals surface area contributed by atoms with Gasteiger partial charge in [-0.15, -0.1) is 0 Å². The molecule has 0 bridgehead atoms. The van der Waals surface area contributed by atoms with Gasteiger partial charge in [-0.05, 0) is 43.1 Å². The molecule has 0 saturated carbocycles. The quantitative estimate of drug-likeness (QED) is 0.566. The molecule has 0 aliphatic carbocycles. The molecule has 1 aromatic carbocycles. The summed E-state index contributed by atoms with van der Waals surface area (Å²) < 4.78 is 5.27. The second-order valence-electron chi connectivity index (χ2n) is 4.28. The predicted molar refractivity (Wildman–Crippen MR) is 84.4 cm³/mol. The fourth-order valence-corrected chi connectivity index (χ4v) is 2.01. The van der Waals surface area contributed by atoms with E-state index in [-0.39, 0.29) is 0 Å². The van der Waals surface area contributed by atoms with Gasteiger partial charge in [0.15, 0.2) is 5.11 Å². The van der Waals surface area contributed by atoms with Crippen LogP contribution in [-0.4, -0.2) is 24.9 Å². The largest absolute Gasteiger partial charge is 0.382 e. The zero-order chi connectivity index (χ0) is 13.9. The molecule has 0 unspecified atom stereocenters. The number of ether oxygens (including phenoxy) is 1. The summed E-state index contributed by atoms with van der Waals surface area (Å²) in [5.41, 5.74) is 2.68. The Morgan fingerprint density at radius 3 is 2.58 bits per heavy atom. The molecule has 0 amide bonds. The predicted octanol–water partition coefficient (Wildman–Crippen LogP) is 2.64. The summed E-state index contributed by atoms with van der Waals surface area (Å²) in [6, 6.07) is 8.44. The number of benzene rings is 1. The highest BCUT2D eigenvalue weighted by molar-refractivity contribution is 7.80. The minimum absolute atomic E-state index is 0.711. The molecule has 19 heavy (non-hydrogen) atoms. The molecule has 1 aromatic rings. The fraction of sp³-hybridized carbons (Fsp3) is 0.533. The van der Waals surface area contributed by atoms with Crippen LogP contribution in [0.15, 0.2) is 24.3 Å². The third-order valence-electron chi connectivity index (χ3n) is 2.89. The minimum Gasteiger partial charge on any atom is -0.382 e. The summed E-state index contributed by atoms with van der Waals surface area (Å²) in [5.74, 6) is 0. The third kappa shape index (κ3) is 6.55. The smallest absolute Gasteiger partial charge is 0.166 e. The van der Waals surface area contributed by atoms with Gasteiger partial charge in [0.05, 0.1) is 0 Å². The maximum atomic E-state index is 5.27. The first-order valence-corrected chi connectivity index (χ1v) is 7.35. The van der Waals surface area contributed by atoms with Crippen molar-refractivity contribution in [3.63, 3.8) is 0 Å². The number of hydrogen-bond acceptors (Lipinski definition) is 2. The van der Waals surface area contributed by atoms with E-state index in [4.69, 9.17) is 17.0 Å². The van der Waals surface area contributed by atoms with Crippen LogP contribution in [0.5, 0.6) is 0 Å². The van der Waals surface area contributed by atoms with Gasteiger partial charge < -0.3 is 15.4 Å². The van der Waals surface area contributed by atoms with Crippen LogP contribution in [0.2, 0.25) is 0 Å². The van der Waals surface area contributed by atoms with Crippen LogP contribution >= 0.6 is 12.2 Å². The number of rotatable bonds is 8. The van der Waals surface area contributed by atoms with Crippen LogP contribution in [-0.2, 0) is 17.7 Å². The highest BCUT2D eigenvalue weighted by Gasteiger charge is 2.00. The van der Waals surface area contributed by atoms with Gasteiger partial charge in [-0.25, -0.2) is 0 Å². The van der Waals surface area contributed by atoms with Crippen molar-refractivity contribution in [3.8, 4) is 0 Å². The van der Waals surface area contributed by atoms with Crippen molar-refractivity contribution in [2.24, 2.45) is 0 Å². The van der Waals surface area contributed by atoms with Crippen LogP contribution < -0.4 is 10.6 Å². The molecular weight excluding hydrogens is 256 g/mol. The molecule has 0 aliphatic rings. The lowest BCUT2D eigenvalue weighted by Crippen LogP contribution is -2.35. The molecule has 2 N–H and O–H groups in total. The Kier molecular flexibility index (Phi) is 8.18. The first-order valence-electron chi connectivity index (χ1n) is 6.94. The lowest BCUT2D eigenvalue weighted by Gasteiger charge is -2.12. The monoisotopic (exact) mass is 280 g/mol. The Morgan fingerprint density at radius 2 is 1.89 bits per heavy atom. The minimum atomic E-state index is 0.711. The van der Waals surface area contributed by atoms with E-state index >= 15 is 0 Å². The van der Waals surface area contributed by atoms with Crippen LogP contribution in [0.4, 0.5) is 0 Å². The number of thiocarbonyl (C=S) groups is 1. The highest BCUT2D eigenvalue weighted by atomic mass is 32.1. The van der Waals surface area contributed by atoms with Crippen LogP contribution in [0.1, 0.15) is 31.4 Å². The van der Waals surface area contributed by atoms with Crippen LogP contribution in [0.25, 0.3) is 0 Å². The highest BCUT2D eigenvalue weighted by Crippen LogP contribution is 2.08. The summed E-state index contributed by atoms with van der Waals surface area (Å²) in [6.07, 6.45) is 2.02. The van der Waals surface area contributed by atoms with Crippen LogP contribution in [0, 0.1) is 0 Å². The SMILES string of the molecule is CCOCCCNC(=S)NCc1ccccc1CC. The lowest BCUT2D eigenvalue weighted by molar-refractivity contribution is 0.145. The molecule has 4 heteroatoms. The van der Waals surface area contributed by atoms with E-state index in [1.807, 2.05) is 6.92 Å². The van der Waals surface area contributed by atoms with Gasteiger partial charge in [-0.2, -0.15) is 0 Å². The lowest BCUT2D eigenvalue weighted by atomic mass is 10.1. The average Bonchev–Trinajstić information content (AvgIpc) is 2.45. The van der Waals surface area contributed by atoms with Crippen molar-refractivity contribution in [1.29, 1.82) is 0 Å². The topological polar surface area (TPSA) is 33.3 Å². The van der Waals surface area contributed by atoms with Crippen molar-refractivity contribution in [2.75, 3.05) is 19.8 Å². The van der Waals surface area contributed by atoms with E-state index in [2.05, 4.69) is 41.8 Å². The van der Waals surface area contributed by atoms with Crippen molar-refractivity contribution in [1.82, 2.24) is 10.6 Å². The summed E-state index contributed by atoms with van der Waals surface area (Å²) in [4.78, 5) is 0. The van der Waals surface area contributed by atoms with E-state index in [1.54, 1.807) is 0 Å². The molecule has 0 heterocycles. The Bertz CT molecular complexity index is 382. The Balaban J connectivity index is 2.22. The van der Waals surface area contributed by atoms with Gasteiger partial charge in [0, 0.05) is 26.3 Å². The summed E-state index contributed by atoms with van der Waals surface area (Å²) in [5, 5.41) is 7.14. The second kappa shape index (κ2) is 9.75. The maximum absolute atomic E-state index is 5.27. The molecule has 0 aromatic heterocycles. The van der Waals surface area contributed by atoms with Crippen molar-refractivity contribution >= 4 is 17.3 Å². The van der Waals surface area contributed by atoms with Crippen LogP contribution in [0.3, 0.4) is 0 Å². The normalized spacial score (nSPS) is 10.2. The van der Waals surface area contributed by atoms with E-state index < -0.39 is 0 Å². The molecule has 0 spiro atoms. The molecule has 106 valence electrons. The van der Waals surface area contributed by atoms with Gasteiger partial charge in [0.25, 0.3) is 0 Å². The van der Waals surface area contributed by atoms with Gasteiger partial charge in [0.2, 0.25) is 0 Å². The molecule has 1 rings (SSSR count).